The van der Waals surface area contributed by atoms with Crippen LogP contribution in [0.1, 0.15) is 39.8 Å². The van der Waals surface area contributed by atoms with E-state index in [1.54, 1.807) is 36.3 Å². The van der Waals surface area contributed by atoms with Gasteiger partial charge in [-0.15, -0.1) is 0 Å². The molecular formula is C23H20ClF2N5O2. The highest BCUT2D eigenvalue weighted by molar-refractivity contribution is 6.30. The zero-order valence-electron chi connectivity index (χ0n) is 18.1. The van der Waals surface area contributed by atoms with E-state index < -0.39 is 23.0 Å². The first kappa shape index (κ1) is 22.6. The monoisotopic (exact) mass is 471 g/mol. The maximum absolute atomic E-state index is 15.5. The van der Waals surface area contributed by atoms with Gasteiger partial charge in [-0.1, -0.05) is 22.8 Å². The number of pyridine rings is 1. The number of aromatic nitrogens is 4. The number of hydrogen-bond acceptors (Lipinski definition) is 5. The molecule has 1 aromatic carbocycles. The van der Waals surface area contributed by atoms with Gasteiger partial charge in [-0.2, -0.15) is 5.10 Å². The van der Waals surface area contributed by atoms with Crippen LogP contribution in [0.15, 0.2) is 53.5 Å². The van der Waals surface area contributed by atoms with Gasteiger partial charge in [-0.05, 0) is 44.0 Å². The van der Waals surface area contributed by atoms with Crippen LogP contribution in [0.2, 0.25) is 5.15 Å². The van der Waals surface area contributed by atoms with Crippen LogP contribution in [-0.2, 0) is 18.9 Å². The predicted molar refractivity (Wildman–Crippen MR) is 118 cm³/mol. The molecule has 1 N–H and O–H groups in total. The minimum absolute atomic E-state index is 0.0287. The fourth-order valence-electron chi connectivity index (χ4n) is 3.58. The van der Waals surface area contributed by atoms with Gasteiger partial charge in [0, 0.05) is 35.9 Å². The van der Waals surface area contributed by atoms with Crippen molar-refractivity contribution >= 4 is 23.2 Å². The Balaban J connectivity index is 1.77. The van der Waals surface area contributed by atoms with E-state index >= 15 is 4.39 Å². The van der Waals surface area contributed by atoms with Crippen LogP contribution in [0.4, 0.5) is 14.5 Å². The number of rotatable bonds is 6. The topological polar surface area (TPSA) is 85.8 Å². The molecule has 1 amide bonds. The Labute approximate surface area is 193 Å². The third kappa shape index (κ3) is 4.36. The molecule has 10 heteroatoms. The maximum Gasteiger partial charge on any atom is 0.277 e. The second-order valence-corrected chi connectivity index (χ2v) is 8.30. The van der Waals surface area contributed by atoms with Crippen molar-refractivity contribution in [3.05, 3.63) is 93.9 Å². The second-order valence-electron chi connectivity index (χ2n) is 7.94. The number of nitrogens with zero attached hydrogens (tertiary/aromatic N) is 4. The highest BCUT2D eigenvalue weighted by atomic mass is 35.5. The van der Waals surface area contributed by atoms with Gasteiger partial charge in [0.05, 0.1) is 17.6 Å². The van der Waals surface area contributed by atoms with Gasteiger partial charge in [0.1, 0.15) is 17.2 Å². The van der Waals surface area contributed by atoms with Gasteiger partial charge < -0.3 is 9.84 Å². The van der Waals surface area contributed by atoms with Gasteiger partial charge in [-0.25, -0.2) is 13.8 Å². The predicted octanol–water partition coefficient (Wildman–Crippen LogP) is 4.84. The Kier molecular flexibility index (Phi) is 5.99. The lowest BCUT2D eigenvalue weighted by Gasteiger charge is -2.29. The summed E-state index contributed by atoms with van der Waals surface area (Å²) in [6.45, 7) is 3.64. The highest BCUT2D eigenvalue weighted by Gasteiger charge is 2.35. The molecule has 0 saturated heterocycles. The van der Waals surface area contributed by atoms with Crippen molar-refractivity contribution in [1.82, 2.24) is 19.9 Å². The minimum atomic E-state index is -0.970. The Bertz CT molecular complexity index is 1320. The van der Waals surface area contributed by atoms with Gasteiger partial charge in [0.25, 0.3) is 5.91 Å². The van der Waals surface area contributed by atoms with E-state index in [1.165, 1.54) is 12.3 Å². The van der Waals surface area contributed by atoms with E-state index in [2.05, 4.69) is 25.1 Å². The molecule has 170 valence electrons. The standard InChI is InChI=1S/C23H20ClF2N5O2/c1-13-4-7-19(29-21(13)24)23(2,14-11-27-31(3)12-14)10-15-16(25)5-6-17(20(15)26)28-22(32)18-8-9-33-30-18/h4-9,11-12H,10H2,1-3H3,(H,28,32). The van der Waals surface area contributed by atoms with E-state index in [-0.39, 0.29) is 23.4 Å². The quantitative estimate of drug-likeness (QED) is 0.406. The first-order chi connectivity index (χ1) is 15.7. The molecule has 3 aromatic heterocycles. The van der Waals surface area contributed by atoms with Crippen molar-refractivity contribution in [3.63, 3.8) is 0 Å². The Hall–Kier alpha value is -3.59. The summed E-state index contributed by atoms with van der Waals surface area (Å²) >= 11 is 6.27. The Morgan fingerprint density at radius 1 is 1.24 bits per heavy atom. The first-order valence-corrected chi connectivity index (χ1v) is 10.4. The maximum atomic E-state index is 15.5. The second kappa shape index (κ2) is 8.74. The Morgan fingerprint density at radius 3 is 2.67 bits per heavy atom. The molecule has 3 heterocycles. The summed E-state index contributed by atoms with van der Waals surface area (Å²) in [5, 5.41) is 10.5. The number of anilines is 1. The Morgan fingerprint density at radius 2 is 2.03 bits per heavy atom. The van der Waals surface area contributed by atoms with Crippen molar-refractivity contribution in [1.29, 1.82) is 0 Å². The largest absolute Gasteiger partial charge is 0.364 e. The number of halogens is 3. The lowest BCUT2D eigenvalue weighted by atomic mass is 9.75. The van der Waals surface area contributed by atoms with Crippen LogP contribution in [0, 0.1) is 18.6 Å². The summed E-state index contributed by atoms with van der Waals surface area (Å²) in [5.74, 6) is -2.32. The van der Waals surface area contributed by atoms with E-state index in [1.807, 2.05) is 13.8 Å². The summed E-state index contributed by atoms with van der Waals surface area (Å²) in [6.07, 6.45) is 4.51. The molecule has 7 nitrogen and oxygen atoms in total. The lowest BCUT2D eigenvalue weighted by molar-refractivity contribution is 0.101. The summed E-state index contributed by atoms with van der Waals surface area (Å²) in [4.78, 5) is 16.8. The molecule has 0 saturated carbocycles. The van der Waals surface area contributed by atoms with Crippen molar-refractivity contribution in [2.45, 2.75) is 25.7 Å². The molecular weight excluding hydrogens is 452 g/mol. The van der Waals surface area contributed by atoms with Crippen LogP contribution in [0.3, 0.4) is 0 Å². The third-order valence-corrected chi connectivity index (χ3v) is 5.96. The van der Waals surface area contributed by atoms with E-state index in [0.717, 1.165) is 17.7 Å². The third-order valence-electron chi connectivity index (χ3n) is 5.58. The van der Waals surface area contributed by atoms with Crippen molar-refractivity contribution < 1.29 is 18.1 Å². The van der Waals surface area contributed by atoms with Crippen LogP contribution >= 0.6 is 11.6 Å². The molecule has 0 bridgehead atoms. The summed E-state index contributed by atoms with van der Waals surface area (Å²) in [5.41, 5.74) is 0.626. The fraction of sp³-hybridized carbons (Fsp3) is 0.217. The van der Waals surface area contributed by atoms with E-state index in [0.29, 0.717) is 16.4 Å². The normalized spacial score (nSPS) is 13.0. The molecule has 0 aliphatic carbocycles. The number of hydrogen-bond donors (Lipinski definition) is 1. The summed E-state index contributed by atoms with van der Waals surface area (Å²) in [7, 11) is 1.75. The summed E-state index contributed by atoms with van der Waals surface area (Å²) < 4.78 is 36.6. The molecule has 0 fully saturated rings. The van der Waals surface area contributed by atoms with Gasteiger partial charge >= 0.3 is 0 Å². The molecule has 0 radical (unpaired) electrons. The molecule has 4 rings (SSSR count). The van der Waals surface area contributed by atoms with E-state index in [9.17, 15) is 9.18 Å². The fourth-order valence-corrected chi connectivity index (χ4v) is 3.74. The van der Waals surface area contributed by atoms with E-state index in [4.69, 9.17) is 11.6 Å². The average molecular weight is 472 g/mol. The number of aryl methyl sites for hydroxylation is 2. The summed E-state index contributed by atoms with van der Waals surface area (Å²) in [6, 6.07) is 7.19. The van der Waals surface area contributed by atoms with Crippen LogP contribution in [0.25, 0.3) is 0 Å². The number of carbonyl (C=O) groups excluding carboxylic acids is 1. The number of benzene rings is 1. The highest BCUT2D eigenvalue weighted by Crippen LogP contribution is 2.37. The molecule has 1 unspecified atom stereocenters. The zero-order chi connectivity index (χ0) is 23.8. The molecule has 1 atom stereocenters. The molecule has 0 spiro atoms. The average Bonchev–Trinajstić information content (AvgIpc) is 3.47. The van der Waals surface area contributed by atoms with Crippen LogP contribution < -0.4 is 5.32 Å². The number of carbonyl (C=O) groups is 1. The number of amides is 1. The van der Waals surface area contributed by atoms with Gasteiger partial charge in [0.2, 0.25) is 0 Å². The van der Waals surface area contributed by atoms with Crippen molar-refractivity contribution in [3.8, 4) is 0 Å². The molecule has 4 aromatic rings. The first-order valence-electron chi connectivity index (χ1n) is 10.0. The molecule has 0 aliphatic rings. The molecule has 33 heavy (non-hydrogen) atoms. The zero-order valence-corrected chi connectivity index (χ0v) is 18.8. The minimum Gasteiger partial charge on any atom is -0.364 e. The van der Waals surface area contributed by atoms with Crippen LogP contribution in [0.5, 0.6) is 0 Å². The van der Waals surface area contributed by atoms with Gasteiger partial charge in [-0.3, -0.25) is 9.48 Å². The SMILES string of the molecule is Cc1ccc(C(C)(Cc2c(F)ccc(NC(=O)c3ccon3)c2F)c2cnn(C)c2)nc1Cl. The lowest BCUT2D eigenvalue weighted by Crippen LogP contribution is -2.29. The number of nitrogens with one attached hydrogen (secondary N) is 1. The molecule has 0 aliphatic heterocycles. The van der Waals surface area contributed by atoms with Crippen LogP contribution in [-0.4, -0.2) is 25.8 Å². The van der Waals surface area contributed by atoms with Gasteiger partial charge in [0.15, 0.2) is 11.5 Å². The van der Waals surface area contributed by atoms with Crippen molar-refractivity contribution in [2.75, 3.05) is 5.32 Å². The smallest absolute Gasteiger partial charge is 0.277 e. The van der Waals surface area contributed by atoms with Crippen molar-refractivity contribution in [2.24, 2.45) is 7.05 Å².